The molecule has 1 N–H and O–H groups in total. The van der Waals surface area contributed by atoms with Crippen molar-refractivity contribution in [1.82, 2.24) is 30.0 Å². The summed E-state index contributed by atoms with van der Waals surface area (Å²) in [6.07, 6.45) is 5.93. The first-order chi connectivity index (χ1) is 16.7. The lowest BCUT2D eigenvalue weighted by molar-refractivity contribution is -0.140. The Morgan fingerprint density at radius 1 is 1.14 bits per heavy atom. The third-order valence-electron chi connectivity index (χ3n) is 7.26. The largest absolute Gasteiger partial charge is 0.354 e. The van der Waals surface area contributed by atoms with Gasteiger partial charge in [0.15, 0.2) is 5.78 Å². The van der Waals surface area contributed by atoms with Crippen molar-refractivity contribution in [2.45, 2.75) is 65.6 Å². The van der Waals surface area contributed by atoms with E-state index in [2.05, 4.69) is 27.3 Å². The van der Waals surface area contributed by atoms with E-state index < -0.39 is 6.04 Å². The molecule has 182 valence electrons. The second-order valence-electron chi connectivity index (χ2n) is 10.00. The molecule has 3 aromatic rings. The summed E-state index contributed by atoms with van der Waals surface area (Å²) < 4.78 is 1.59. The van der Waals surface area contributed by atoms with Crippen LogP contribution >= 0.6 is 0 Å². The van der Waals surface area contributed by atoms with E-state index >= 15 is 0 Å². The molecule has 3 heterocycles. The molecule has 0 radical (unpaired) electrons. The van der Waals surface area contributed by atoms with E-state index in [4.69, 9.17) is 0 Å². The number of Topliss-reactive ketones (excluding diaryl/α,β-unsaturated/α-hetero) is 1. The van der Waals surface area contributed by atoms with Gasteiger partial charge in [0.25, 0.3) is 0 Å². The molecular weight excluding hydrogens is 444 g/mol. The second kappa shape index (κ2) is 8.55. The first kappa shape index (κ1) is 23.1. The van der Waals surface area contributed by atoms with E-state index in [0.717, 1.165) is 24.0 Å². The number of likely N-dealkylation sites (tertiary alicyclic amines) is 1. The third kappa shape index (κ3) is 4.09. The Labute approximate surface area is 203 Å². The molecule has 2 aliphatic rings. The summed E-state index contributed by atoms with van der Waals surface area (Å²) in [6.45, 7) is 8.01. The number of nitrogens with zero attached hydrogens (tertiary/aromatic N) is 5. The zero-order chi connectivity index (χ0) is 24.9. The van der Waals surface area contributed by atoms with Crippen LogP contribution in [0.15, 0.2) is 30.6 Å². The molecule has 1 aliphatic carbocycles. The average Bonchev–Trinajstić information content (AvgIpc) is 3.20. The minimum absolute atomic E-state index is 0.00558. The van der Waals surface area contributed by atoms with Gasteiger partial charge in [-0.3, -0.25) is 19.1 Å². The fourth-order valence-corrected chi connectivity index (χ4v) is 5.22. The molecule has 1 aromatic carbocycles. The zero-order valence-corrected chi connectivity index (χ0v) is 20.5. The SMILES string of the molecule is CCCNC(=O)[C@@H]1C[C@@]2(C)C[C@H]2N1C(=O)Cn1nc(C(C)=O)c2cc(-c3cnc(C)nc3)ccc21. The lowest BCUT2D eigenvalue weighted by atomic mass is 10.0. The Balaban J connectivity index is 1.45. The highest BCUT2D eigenvalue weighted by Gasteiger charge is 2.64. The van der Waals surface area contributed by atoms with Gasteiger partial charge in [-0.2, -0.15) is 5.10 Å². The molecule has 9 nitrogen and oxygen atoms in total. The lowest BCUT2D eigenvalue weighted by Crippen LogP contribution is -2.49. The highest BCUT2D eigenvalue weighted by Crippen LogP contribution is 2.59. The van der Waals surface area contributed by atoms with Crippen LogP contribution in [0.3, 0.4) is 0 Å². The number of hydrogen-bond acceptors (Lipinski definition) is 6. The number of fused-ring (bicyclic) bond motifs is 2. The Bertz CT molecular complexity index is 1330. The molecule has 0 bridgehead atoms. The monoisotopic (exact) mass is 474 g/mol. The van der Waals surface area contributed by atoms with Crippen molar-refractivity contribution < 1.29 is 14.4 Å². The quantitative estimate of drug-likeness (QED) is 0.527. The third-order valence-corrected chi connectivity index (χ3v) is 7.26. The van der Waals surface area contributed by atoms with Gasteiger partial charge in [-0.25, -0.2) is 9.97 Å². The second-order valence-corrected chi connectivity index (χ2v) is 10.00. The van der Waals surface area contributed by atoms with Gasteiger partial charge in [-0.15, -0.1) is 0 Å². The van der Waals surface area contributed by atoms with Crippen LogP contribution in [-0.4, -0.2) is 60.9 Å². The highest BCUT2D eigenvalue weighted by atomic mass is 16.2. The van der Waals surface area contributed by atoms with Crippen LogP contribution in [-0.2, 0) is 16.1 Å². The summed E-state index contributed by atoms with van der Waals surface area (Å²) >= 11 is 0. The van der Waals surface area contributed by atoms with Gasteiger partial charge in [0.1, 0.15) is 24.1 Å². The van der Waals surface area contributed by atoms with Crippen LogP contribution in [0.2, 0.25) is 0 Å². The van der Waals surface area contributed by atoms with Gasteiger partial charge in [-0.05, 0) is 49.3 Å². The van der Waals surface area contributed by atoms with Gasteiger partial charge in [0, 0.05) is 42.9 Å². The molecule has 2 fully saturated rings. The fraction of sp³-hybridized carbons (Fsp3) is 0.462. The summed E-state index contributed by atoms with van der Waals surface area (Å²) in [6, 6.07) is 5.30. The number of carbonyl (C=O) groups is 3. The summed E-state index contributed by atoms with van der Waals surface area (Å²) in [7, 11) is 0. The van der Waals surface area contributed by atoms with E-state index in [0.29, 0.717) is 35.4 Å². The summed E-state index contributed by atoms with van der Waals surface area (Å²) in [5, 5.41) is 8.14. The normalized spacial score (nSPS) is 22.8. The van der Waals surface area contributed by atoms with Crippen molar-refractivity contribution in [2.75, 3.05) is 6.54 Å². The van der Waals surface area contributed by atoms with Crippen molar-refractivity contribution in [3.8, 4) is 11.1 Å². The maximum Gasteiger partial charge on any atom is 0.245 e. The molecule has 2 amide bonds. The smallest absolute Gasteiger partial charge is 0.245 e. The number of aromatic nitrogens is 4. The standard InChI is InChI=1S/C26H30N6O3/c1-5-8-27-25(35)21-10-26(4)11-22(26)32(21)23(34)14-31-20-7-6-17(18-12-28-16(3)29-13-18)9-19(20)24(30-31)15(2)33/h6-7,9,12-13,21-22H,5,8,10-11,14H2,1-4H3,(H,27,35)/t21-,22+,26-/m0/s1. The zero-order valence-electron chi connectivity index (χ0n) is 20.5. The van der Waals surface area contributed by atoms with Gasteiger partial charge >= 0.3 is 0 Å². The molecule has 1 saturated heterocycles. The maximum atomic E-state index is 13.5. The molecule has 9 heteroatoms. The number of ketones is 1. The number of amides is 2. The highest BCUT2D eigenvalue weighted by molar-refractivity contribution is 6.06. The van der Waals surface area contributed by atoms with Gasteiger partial charge in [0.05, 0.1) is 5.52 Å². The van der Waals surface area contributed by atoms with Crippen LogP contribution in [0.4, 0.5) is 0 Å². The number of rotatable bonds is 7. The van der Waals surface area contributed by atoms with E-state index in [1.165, 1.54) is 6.92 Å². The molecule has 1 aliphatic heterocycles. The summed E-state index contributed by atoms with van der Waals surface area (Å²) in [4.78, 5) is 49.0. The van der Waals surface area contributed by atoms with E-state index in [-0.39, 0.29) is 35.6 Å². The molecular formula is C26H30N6O3. The molecule has 1 saturated carbocycles. The van der Waals surface area contributed by atoms with E-state index in [9.17, 15) is 14.4 Å². The van der Waals surface area contributed by atoms with Crippen LogP contribution in [0.5, 0.6) is 0 Å². The fourth-order valence-electron chi connectivity index (χ4n) is 5.22. The molecule has 2 aromatic heterocycles. The lowest BCUT2D eigenvalue weighted by Gasteiger charge is -2.27. The average molecular weight is 475 g/mol. The van der Waals surface area contributed by atoms with Crippen molar-refractivity contribution in [3.05, 3.63) is 42.1 Å². The summed E-state index contributed by atoms with van der Waals surface area (Å²) in [5.74, 6) is 0.268. The number of piperidine rings is 1. The van der Waals surface area contributed by atoms with Crippen molar-refractivity contribution in [2.24, 2.45) is 5.41 Å². The van der Waals surface area contributed by atoms with E-state index in [1.807, 2.05) is 32.0 Å². The number of hydrogen-bond donors (Lipinski definition) is 1. The van der Waals surface area contributed by atoms with Crippen LogP contribution in [0.25, 0.3) is 22.0 Å². The predicted octanol–water partition coefficient (Wildman–Crippen LogP) is 2.91. The Morgan fingerprint density at radius 3 is 2.57 bits per heavy atom. The first-order valence-corrected chi connectivity index (χ1v) is 12.1. The Kier molecular flexibility index (Phi) is 5.65. The minimum Gasteiger partial charge on any atom is -0.354 e. The number of nitrogens with one attached hydrogen (secondary N) is 1. The predicted molar refractivity (Wildman–Crippen MR) is 131 cm³/mol. The Hall–Kier alpha value is -3.62. The Morgan fingerprint density at radius 2 is 1.89 bits per heavy atom. The number of aryl methyl sites for hydroxylation is 1. The first-order valence-electron chi connectivity index (χ1n) is 12.1. The molecule has 0 unspecified atom stereocenters. The van der Waals surface area contributed by atoms with Crippen molar-refractivity contribution >= 4 is 28.5 Å². The van der Waals surface area contributed by atoms with Crippen molar-refractivity contribution in [3.63, 3.8) is 0 Å². The van der Waals surface area contributed by atoms with Gasteiger partial charge in [0.2, 0.25) is 11.8 Å². The van der Waals surface area contributed by atoms with Crippen LogP contribution < -0.4 is 5.32 Å². The van der Waals surface area contributed by atoms with Gasteiger partial charge in [-0.1, -0.05) is 19.9 Å². The van der Waals surface area contributed by atoms with Crippen LogP contribution in [0.1, 0.15) is 56.3 Å². The van der Waals surface area contributed by atoms with Crippen molar-refractivity contribution in [1.29, 1.82) is 0 Å². The molecule has 0 spiro atoms. The molecule has 5 rings (SSSR count). The minimum atomic E-state index is -0.458. The summed E-state index contributed by atoms with van der Waals surface area (Å²) in [5.41, 5.74) is 2.72. The van der Waals surface area contributed by atoms with E-state index in [1.54, 1.807) is 22.0 Å². The number of benzene rings is 1. The maximum absolute atomic E-state index is 13.5. The molecule has 35 heavy (non-hydrogen) atoms. The number of carbonyl (C=O) groups excluding carboxylic acids is 3. The van der Waals surface area contributed by atoms with Crippen LogP contribution in [0, 0.1) is 12.3 Å². The topological polar surface area (TPSA) is 110 Å². The molecule has 3 atom stereocenters. The van der Waals surface area contributed by atoms with Gasteiger partial charge < -0.3 is 10.2 Å².